The summed E-state index contributed by atoms with van der Waals surface area (Å²) in [6, 6.07) is -1.10. The van der Waals surface area contributed by atoms with Gasteiger partial charge in [0.15, 0.2) is 6.10 Å². The molecular formula is C18H32N2O8. The second kappa shape index (κ2) is 11.3. The van der Waals surface area contributed by atoms with E-state index in [-0.39, 0.29) is 24.8 Å². The number of unbranched alkanes of at least 4 members (excludes halogenated alkanes) is 1. The number of hydrogen-bond donors (Lipinski definition) is 6. The Hall–Kier alpha value is -1.75. The van der Waals surface area contributed by atoms with Crippen LogP contribution in [0, 0.1) is 5.92 Å². The molecule has 0 radical (unpaired) electrons. The zero-order valence-corrected chi connectivity index (χ0v) is 16.5. The average Bonchev–Trinajstić information content (AvgIpc) is 2.64. The van der Waals surface area contributed by atoms with Gasteiger partial charge in [-0.05, 0) is 6.42 Å². The zero-order chi connectivity index (χ0) is 21.4. The highest BCUT2D eigenvalue weighted by molar-refractivity contribution is 5.79. The average molecular weight is 404 g/mol. The van der Waals surface area contributed by atoms with Crippen molar-refractivity contribution in [1.82, 2.24) is 10.6 Å². The molecule has 10 nitrogen and oxygen atoms in total. The van der Waals surface area contributed by atoms with Crippen LogP contribution in [0.2, 0.25) is 0 Å². The molecule has 0 spiro atoms. The summed E-state index contributed by atoms with van der Waals surface area (Å²) >= 11 is 0. The lowest BCUT2D eigenvalue weighted by Crippen LogP contribution is -2.64. The Labute approximate surface area is 164 Å². The van der Waals surface area contributed by atoms with Gasteiger partial charge in [-0.2, -0.15) is 0 Å². The van der Waals surface area contributed by atoms with E-state index < -0.39 is 48.4 Å². The third kappa shape index (κ3) is 7.01. The fourth-order valence-corrected chi connectivity index (χ4v) is 3.08. The first-order chi connectivity index (χ1) is 13.1. The summed E-state index contributed by atoms with van der Waals surface area (Å²) in [6.07, 6.45) is -5.03. The number of nitrogens with one attached hydrogen (secondary N) is 2. The van der Waals surface area contributed by atoms with Crippen molar-refractivity contribution in [3.63, 3.8) is 0 Å². The molecule has 1 rings (SSSR count). The summed E-state index contributed by atoms with van der Waals surface area (Å²) in [5, 5.41) is 45.1. The van der Waals surface area contributed by atoms with Crippen LogP contribution in [0.4, 0.5) is 0 Å². The second-order valence-corrected chi connectivity index (χ2v) is 7.30. The second-order valence-electron chi connectivity index (χ2n) is 7.30. The number of carboxylic acid groups (broad SMARTS) is 1. The van der Waals surface area contributed by atoms with E-state index in [1.165, 1.54) is 6.92 Å². The molecule has 7 atom stereocenters. The summed E-state index contributed by atoms with van der Waals surface area (Å²) < 4.78 is 5.39. The predicted molar refractivity (Wildman–Crippen MR) is 98.2 cm³/mol. The Morgan fingerprint density at radius 3 is 2.43 bits per heavy atom. The molecule has 10 heteroatoms. The highest BCUT2D eigenvalue weighted by atomic mass is 16.5. The van der Waals surface area contributed by atoms with Crippen LogP contribution in [0.15, 0.2) is 0 Å². The maximum Gasteiger partial charge on any atom is 0.332 e. The Balaban J connectivity index is 2.93. The van der Waals surface area contributed by atoms with Gasteiger partial charge in [0.25, 0.3) is 0 Å². The molecule has 1 aliphatic heterocycles. The number of ether oxygens (including phenoxy) is 1. The first-order valence-electron chi connectivity index (χ1n) is 9.55. The molecule has 1 saturated heterocycles. The van der Waals surface area contributed by atoms with Crippen molar-refractivity contribution in [2.75, 3.05) is 6.54 Å². The largest absolute Gasteiger partial charge is 0.479 e. The van der Waals surface area contributed by atoms with Crippen molar-refractivity contribution in [3.8, 4) is 0 Å². The molecule has 0 aromatic heterocycles. The van der Waals surface area contributed by atoms with E-state index in [4.69, 9.17) is 4.74 Å². The Kier molecular flexibility index (Phi) is 9.80. The molecule has 1 aliphatic rings. The maximum atomic E-state index is 12.4. The number of rotatable bonds is 10. The minimum atomic E-state index is -1.64. The van der Waals surface area contributed by atoms with Crippen molar-refractivity contribution < 1.29 is 39.5 Å². The highest BCUT2D eigenvalue weighted by Crippen LogP contribution is 2.25. The minimum Gasteiger partial charge on any atom is -0.479 e. The maximum absolute atomic E-state index is 12.4. The van der Waals surface area contributed by atoms with Gasteiger partial charge in [0.05, 0.1) is 18.2 Å². The van der Waals surface area contributed by atoms with Gasteiger partial charge in [0.2, 0.25) is 11.8 Å². The normalized spacial score (nSPS) is 28.1. The number of aliphatic carboxylic acids is 1. The Morgan fingerprint density at radius 2 is 1.89 bits per heavy atom. The SMILES string of the molecule is CCCCC(C)C(=O)N[C@H]1[C@H]([C@H](O)[C@H](O)CNC(C)=O)OC(C(=O)O)C[C@@H]1O. The van der Waals surface area contributed by atoms with Crippen LogP contribution in [0.3, 0.4) is 0 Å². The zero-order valence-electron chi connectivity index (χ0n) is 16.5. The van der Waals surface area contributed by atoms with E-state index in [0.29, 0.717) is 6.42 Å². The van der Waals surface area contributed by atoms with Crippen LogP contribution in [0.25, 0.3) is 0 Å². The van der Waals surface area contributed by atoms with Crippen molar-refractivity contribution in [2.24, 2.45) is 5.92 Å². The van der Waals surface area contributed by atoms with E-state index in [2.05, 4.69) is 10.6 Å². The Bertz CT molecular complexity index is 544. The molecule has 1 heterocycles. The fraction of sp³-hybridized carbons (Fsp3) is 0.833. The van der Waals surface area contributed by atoms with Crippen LogP contribution in [-0.2, 0) is 19.1 Å². The van der Waals surface area contributed by atoms with Crippen molar-refractivity contribution in [2.45, 2.75) is 83.0 Å². The van der Waals surface area contributed by atoms with Crippen molar-refractivity contribution in [3.05, 3.63) is 0 Å². The number of hydrogen-bond acceptors (Lipinski definition) is 7. The van der Waals surface area contributed by atoms with Gasteiger partial charge < -0.3 is 35.8 Å². The summed E-state index contributed by atoms with van der Waals surface area (Å²) in [6.45, 7) is 4.68. The van der Waals surface area contributed by atoms with E-state index in [1.54, 1.807) is 6.92 Å². The third-order valence-corrected chi connectivity index (χ3v) is 4.86. The molecule has 2 amide bonds. The van der Waals surface area contributed by atoms with Gasteiger partial charge in [-0.3, -0.25) is 9.59 Å². The van der Waals surface area contributed by atoms with Crippen molar-refractivity contribution >= 4 is 17.8 Å². The number of aliphatic hydroxyl groups excluding tert-OH is 3. The van der Waals surface area contributed by atoms with Crippen LogP contribution in [0.5, 0.6) is 0 Å². The van der Waals surface area contributed by atoms with Crippen LogP contribution in [-0.4, -0.2) is 81.3 Å². The molecule has 0 aromatic rings. The molecule has 6 N–H and O–H groups in total. The highest BCUT2D eigenvalue weighted by Gasteiger charge is 2.46. The topological polar surface area (TPSA) is 165 Å². The molecule has 1 fully saturated rings. The van der Waals surface area contributed by atoms with Gasteiger partial charge in [-0.1, -0.05) is 26.7 Å². The molecule has 28 heavy (non-hydrogen) atoms. The molecular weight excluding hydrogens is 372 g/mol. The number of carbonyl (C=O) groups excluding carboxylic acids is 2. The van der Waals surface area contributed by atoms with E-state index in [0.717, 1.165) is 12.8 Å². The van der Waals surface area contributed by atoms with Gasteiger partial charge in [0.1, 0.15) is 12.2 Å². The number of carbonyl (C=O) groups is 3. The lowest BCUT2D eigenvalue weighted by molar-refractivity contribution is -0.194. The number of amides is 2. The lowest BCUT2D eigenvalue weighted by Gasteiger charge is -2.42. The smallest absolute Gasteiger partial charge is 0.332 e. The molecule has 0 saturated carbocycles. The van der Waals surface area contributed by atoms with Crippen LogP contribution in [0.1, 0.15) is 46.5 Å². The first kappa shape index (κ1) is 24.3. The van der Waals surface area contributed by atoms with E-state index in [1.807, 2.05) is 6.92 Å². The molecule has 162 valence electrons. The Morgan fingerprint density at radius 1 is 1.25 bits per heavy atom. The number of aliphatic hydroxyl groups is 3. The third-order valence-electron chi connectivity index (χ3n) is 4.86. The van der Waals surface area contributed by atoms with E-state index in [9.17, 15) is 34.8 Å². The molecule has 2 unspecified atom stereocenters. The monoisotopic (exact) mass is 404 g/mol. The predicted octanol–water partition coefficient (Wildman–Crippen LogP) is -1.24. The standard InChI is InChI=1S/C18H32N2O8/c1-4-5-6-9(2)17(25)20-14-11(22)7-13(18(26)27)28-16(14)15(24)12(23)8-19-10(3)21/h9,11-16,22-24H,4-8H2,1-3H3,(H,19,21)(H,20,25)(H,26,27)/t9?,11-,12+,13?,14+,15+,16+/m0/s1. The number of carboxylic acids is 1. The first-order valence-corrected chi connectivity index (χ1v) is 9.55. The van der Waals surface area contributed by atoms with Crippen molar-refractivity contribution in [1.29, 1.82) is 0 Å². The summed E-state index contributed by atoms with van der Waals surface area (Å²) in [7, 11) is 0. The summed E-state index contributed by atoms with van der Waals surface area (Å²) in [5.74, 6) is -2.45. The summed E-state index contributed by atoms with van der Waals surface area (Å²) in [5.41, 5.74) is 0. The summed E-state index contributed by atoms with van der Waals surface area (Å²) in [4.78, 5) is 34.7. The van der Waals surface area contributed by atoms with Gasteiger partial charge >= 0.3 is 5.97 Å². The van der Waals surface area contributed by atoms with Crippen LogP contribution >= 0.6 is 0 Å². The molecule has 0 aliphatic carbocycles. The molecule has 0 bridgehead atoms. The lowest BCUT2D eigenvalue weighted by atomic mass is 9.89. The fourth-order valence-electron chi connectivity index (χ4n) is 3.08. The minimum absolute atomic E-state index is 0.269. The molecule has 0 aromatic carbocycles. The van der Waals surface area contributed by atoms with Crippen LogP contribution < -0.4 is 10.6 Å². The quantitative estimate of drug-likeness (QED) is 0.263. The van der Waals surface area contributed by atoms with Gasteiger partial charge in [-0.25, -0.2) is 4.79 Å². The van der Waals surface area contributed by atoms with Gasteiger partial charge in [0, 0.05) is 25.8 Å². The van der Waals surface area contributed by atoms with E-state index >= 15 is 0 Å². The van der Waals surface area contributed by atoms with Gasteiger partial charge in [-0.15, -0.1) is 0 Å².